The summed E-state index contributed by atoms with van der Waals surface area (Å²) >= 11 is 0. The van der Waals surface area contributed by atoms with Gasteiger partial charge < -0.3 is 34.3 Å². The van der Waals surface area contributed by atoms with E-state index in [0.29, 0.717) is 24.5 Å². The Kier molecular flexibility index (Phi) is 8.48. The van der Waals surface area contributed by atoms with E-state index >= 15 is 0 Å². The van der Waals surface area contributed by atoms with Gasteiger partial charge in [0.05, 0.1) is 32.0 Å². The van der Waals surface area contributed by atoms with Gasteiger partial charge in [-0.3, -0.25) is 4.79 Å². The van der Waals surface area contributed by atoms with Gasteiger partial charge in [-0.25, -0.2) is 0 Å². The highest BCUT2D eigenvalue weighted by molar-refractivity contribution is 6.04. The molecule has 3 aromatic carbocycles. The Morgan fingerprint density at radius 3 is 2.37 bits per heavy atom. The molecule has 3 saturated heterocycles. The van der Waals surface area contributed by atoms with E-state index in [1.807, 2.05) is 66.7 Å². The zero-order chi connectivity index (χ0) is 28.2. The van der Waals surface area contributed by atoms with Crippen LogP contribution in [0.25, 0.3) is 0 Å². The first-order valence-electron chi connectivity index (χ1n) is 14.5. The molecule has 8 heteroatoms. The third-order valence-corrected chi connectivity index (χ3v) is 8.45. The largest absolute Gasteiger partial charge is 0.392 e. The summed E-state index contributed by atoms with van der Waals surface area (Å²) in [7, 11) is 0. The third-order valence-electron chi connectivity index (χ3n) is 8.45. The van der Waals surface area contributed by atoms with Gasteiger partial charge in [-0.05, 0) is 35.4 Å². The number of anilines is 1. The Labute approximate surface area is 241 Å². The number of aliphatic hydroxyl groups excluding tert-OH is 1. The number of carbonyl (C=O) groups is 1. The van der Waals surface area contributed by atoms with Crippen LogP contribution >= 0.6 is 0 Å². The predicted molar refractivity (Wildman–Crippen MR) is 154 cm³/mol. The van der Waals surface area contributed by atoms with Gasteiger partial charge in [0.1, 0.15) is 0 Å². The fourth-order valence-corrected chi connectivity index (χ4v) is 6.00. The highest BCUT2D eigenvalue weighted by atomic mass is 16.7. The van der Waals surface area contributed by atoms with Gasteiger partial charge in [0.2, 0.25) is 0 Å². The third kappa shape index (κ3) is 6.38. The molecule has 41 heavy (non-hydrogen) atoms. The van der Waals surface area contributed by atoms with Gasteiger partial charge in [-0.15, -0.1) is 0 Å². The fourth-order valence-electron chi connectivity index (χ4n) is 6.00. The van der Waals surface area contributed by atoms with Crippen molar-refractivity contribution in [1.82, 2.24) is 4.90 Å². The van der Waals surface area contributed by atoms with E-state index in [4.69, 9.17) is 18.9 Å². The number of carbonyl (C=O) groups excluding carboxylic acids is 1. The molecule has 3 aromatic rings. The van der Waals surface area contributed by atoms with E-state index in [0.717, 1.165) is 49.2 Å². The van der Waals surface area contributed by atoms with Crippen molar-refractivity contribution in [2.75, 3.05) is 38.2 Å². The molecular weight excluding hydrogens is 520 g/mol. The highest BCUT2D eigenvalue weighted by Gasteiger charge is 2.43. The summed E-state index contributed by atoms with van der Waals surface area (Å²) in [5, 5.41) is 12.5. The maximum atomic E-state index is 12.8. The topological polar surface area (TPSA) is 89.5 Å². The molecule has 2 N–H and O–H groups in total. The van der Waals surface area contributed by atoms with Crippen LogP contribution in [0, 0.1) is 5.92 Å². The molecule has 3 heterocycles. The van der Waals surface area contributed by atoms with Gasteiger partial charge in [0.15, 0.2) is 12.1 Å². The normalized spacial score (nSPS) is 26.2. The summed E-state index contributed by atoms with van der Waals surface area (Å²) in [5.41, 5.74) is 4.03. The van der Waals surface area contributed by atoms with Crippen LogP contribution in [-0.2, 0) is 25.6 Å². The lowest BCUT2D eigenvalue weighted by molar-refractivity contribution is -0.278. The second-order valence-electron chi connectivity index (χ2n) is 11.2. The van der Waals surface area contributed by atoms with Crippen molar-refractivity contribution in [3.05, 3.63) is 101 Å². The predicted octanol–water partition coefficient (Wildman–Crippen LogP) is 5.06. The number of benzene rings is 3. The quantitative estimate of drug-likeness (QED) is 0.419. The number of hydrogen-bond donors (Lipinski definition) is 2. The summed E-state index contributed by atoms with van der Waals surface area (Å²) in [6.07, 6.45) is 0.807. The molecule has 1 spiro atoms. The van der Waals surface area contributed by atoms with Crippen LogP contribution in [0.4, 0.5) is 5.69 Å². The first-order valence-corrected chi connectivity index (χ1v) is 14.5. The van der Waals surface area contributed by atoms with Crippen molar-refractivity contribution in [3.8, 4) is 0 Å². The van der Waals surface area contributed by atoms with Crippen molar-refractivity contribution in [2.24, 2.45) is 5.92 Å². The number of rotatable bonds is 7. The maximum absolute atomic E-state index is 12.8. The number of amides is 1. The van der Waals surface area contributed by atoms with Gasteiger partial charge in [0, 0.05) is 55.2 Å². The summed E-state index contributed by atoms with van der Waals surface area (Å²) in [4.78, 5) is 15.2. The molecule has 0 aromatic heterocycles. The van der Waals surface area contributed by atoms with E-state index in [-0.39, 0.29) is 30.6 Å². The first kappa shape index (κ1) is 28.0. The minimum Gasteiger partial charge on any atom is -0.392 e. The van der Waals surface area contributed by atoms with Crippen molar-refractivity contribution >= 4 is 11.6 Å². The number of aliphatic hydroxyl groups is 1. The second-order valence-corrected chi connectivity index (χ2v) is 11.2. The molecule has 6 rings (SSSR count). The average molecular weight is 559 g/mol. The van der Waals surface area contributed by atoms with Gasteiger partial charge in [0.25, 0.3) is 5.91 Å². The molecule has 0 unspecified atom stereocenters. The Hall–Kier alpha value is -3.11. The summed E-state index contributed by atoms with van der Waals surface area (Å²) in [6.45, 7) is 6.06. The summed E-state index contributed by atoms with van der Waals surface area (Å²) in [6, 6.07) is 24.8. The average Bonchev–Trinajstić information content (AvgIpc) is 3.48. The SMILES string of the molecule is C[C@H]1[C@@H](CN2CCC3(CC2)OCCO3)O[C@@H](c2cccc(NC(=O)c3ccccc3)c2)O[C@H]1c1ccc(CO)cc1. The number of piperidine rings is 1. The lowest BCUT2D eigenvalue weighted by atomic mass is 9.89. The Balaban J connectivity index is 1.21. The van der Waals surface area contributed by atoms with Crippen LogP contribution in [0.15, 0.2) is 78.9 Å². The van der Waals surface area contributed by atoms with Crippen LogP contribution in [0.1, 0.15) is 59.2 Å². The second kappa shape index (κ2) is 12.4. The van der Waals surface area contributed by atoms with Crippen molar-refractivity contribution < 1.29 is 28.8 Å². The van der Waals surface area contributed by atoms with E-state index in [1.54, 1.807) is 12.1 Å². The number of ether oxygens (including phenoxy) is 4. The molecule has 1 amide bonds. The monoisotopic (exact) mass is 558 g/mol. The zero-order valence-corrected chi connectivity index (χ0v) is 23.4. The molecule has 3 fully saturated rings. The van der Waals surface area contributed by atoms with Crippen molar-refractivity contribution in [3.63, 3.8) is 0 Å². The van der Waals surface area contributed by atoms with Crippen LogP contribution in [0.2, 0.25) is 0 Å². The maximum Gasteiger partial charge on any atom is 0.255 e. The molecule has 3 aliphatic heterocycles. The lowest BCUT2D eigenvalue weighted by Crippen LogP contribution is -2.50. The van der Waals surface area contributed by atoms with Crippen molar-refractivity contribution in [2.45, 2.75) is 50.7 Å². The zero-order valence-electron chi connectivity index (χ0n) is 23.4. The Bertz CT molecular complexity index is 1300. The standard InChI is InChI=1S/C33H38N2O6/c1-23-29(21-35-16-14-33(15-17-35)38-18-19-39-33)40-32(41-30(23)25-12-10-24(22-36)11-13-25)27-8-5-9-28(20-27)34-31(37)26-6-3-2-4-7-26/h2-13,20,23,29-30,32,36H,14-19,21-22H2,1H3,(H,34,37)/t23-,29+,30+,32+/m0/s1. The molecule has 0 aliphatic carbocycles. The smallest absolute Gasteiger partial charge is 0.255 e. The van der Waals surface area contributed by atoms with E-state index in [1.165, 1.54) is 0 Å². The Morgan fingerprint density at radius 1 is 0.927 bits per heavy atom. The number of nitrogens with one attached hydrogen (secondary N) is 1. The molecular formula is C33H38N2O6. The summed E-state index contributed by atoms with van der Waals surface area (Å²) < 4.78 is 25.2. The first-order chi connectivity index (χ1) is 20.0. The Morgan fingerprint density at radius 2 is 1.66 bits per heavy atom. The molecule has 216 valence electrons. The van der Waals surface area contributed by atoms with E-state index < -0.39 is 12.1 Å². The van der Waals surface area contributed by atoms with E-state index in [9.17, 15) is 9.90 Å². The minimum atomic E-state index is -0.607. The fraction of sp³-hybridized carbons (Fsp3) is 0.424. The number of hydrogen-bond acceptors (Lipinski definition) is 7. The van der Waals surface area contributed by atoms with Gasteiger partial charge in [-0.1, -0.05) is 61.5 Å². The molecule has 3 aliphatic rings. The minimum absolute atomic E-state index is 0.00108. The molecule has 0 radical (unpaired) electrons. The van der Waals surface area contributed by atoms with Gasteiger partial charge in [-0.2, -0.15) is 0 Å². The molecule has 8 nitrogen and oxygen atoms in total. The summed E-state index contributed by atoms with van der Waals surface area (Å²) in [5.74, 6) is -0.496. The van der Waals surface area contributed by atoms with Crippen LogP contribution < -0.4 is 5.32 Å². The molecule has 4 atom stereocenters. The van der Waals surface area contributed by atoms with Crippen LogP contribution in [0.3, 0.4) is 0 Å². The number of likely N-dealkylation sites (tertiary alicyclic amines) is 1. The van der Waals surface area contributed by atoms with Crippen LogP contribution in [-0.4, -0.2) is 60.7 Å². The molecule has 0 saturated carbocycles. The number of nitrogens with zero attached hydrogens (tertiary/aromatic N) is 1. The van der Waals surface area contributed by atoms with Crippen LogP contribution in [0.5, 0.6) is 0 Å². The lowest BCUT2D eigenvalue weighted by Gasteiger charge is -2.44. The van der Waals surface area contributed by atoms with Crippen molar-refractivity contribution in [1.29, 1.82) is 0 Å². The van der Waals surface area contributed by atoms with E-state index in [2.05, 4.69) is 17.1 Å². The highest BCUT2D eigenvalue weighted by Crippen LogP contribution is 2.42. The van der Waals surface area contributed by atoms with Gasteiger partial charge >= 0.3 is 0 Å². The molecule has 0 bridgehead atoms.